The van der Waals surface area contributed by atoms with E-state index in [0.29, 0.717) is 17.4 Å². The molecule has 9 nitrogen and oxygen atoms in total. The summed E-state index contributed by atoms with van der Waals surface area (Å²) in [5, 5.41) is 0. The Morgan fingerprint density at radius 2 is 0.738 bits per heavy atom. The highest BCUT2D eigenvalue weighted by Crippen LogP contribution is 2.38. The second-order valence-electron chi connectivity index (χ2n) is 19.3. The molecule has 1 unspecified atom stereocenters. The number of hydrogen-bond acceptors (Lipinski definition) is 8. The predicted molar refractivity (Wildman–Crippen MR) is 255 cm³/mol. The number of carbonyl (C=O) groups is 2. The number of hydrogen-bond donors (Lipinski definition) is 0. The number of likely N-dealkylation sites (N-methyl/N-ethyl adjacent to an activating group) is 1. The van der Waals surface area contributed by atoms with E-state index in [9.17, 15) is 19.0 Å². The minimum Gasteiger partial charge on any atom is -0.756 e. The maximum atomic E-state index is 12.7. The molecule has 0 rings (SSSR count). The van der Waals surface area contributed by atoms with Crippen molar-refractivity contribution in [2.45, 2.75) is 270 Å². The third-order valence-electron chi connectivity index (χ3n) is 11.9. The van der Waals surface area contributed by atoms with Crippen LogP contribution in [0.5, 0.6) is 0 Å². The lowest BCUT2D eigenvalue weighted by Crippen LogP contribution is -2.37. The fourth-order valence-corrected chi connectivity index (χ4v) is 8.50. The maximum absolute atomic E-state index is 12.7. The van der Waals surface area contributed by atoms with Gasteiger partial charge >= 0.3 is 11.9 Å². The lowest BCUT2D eigenvalue weighted by molar-refractivity contribution is -0.870. The first-order chi connectivity index (χ1) is 29.5. The number of carbonyl (C=O) groups excluding carboxylic acids is 2. The van der Waals surface area contributed by atoms with E-state index in [-0.39, 0.29) is 32.0 Å². The van der Waals surface area contributed by atoms with Crippen molar-refractivity contribution in [1.82, 2.24) is 0 Å². The van der Waals surface area contributed by atoms with E-state index >= 15 is 0 Å². The summed E-state index contributed by atoms with van der Waals surface area (Å²) in [4.78, 5) is 37.7. The Hall–Kier alpha value is -0.990. The minimum atomic E-state index is -4.62. The molecule has 61 heavy (non-hydrogen) atoms. The fraction of sp³-hybridized carbons (Fsp3) is 0.961. The van der Waals surface area contributed by atoms with Gasteiger partial charge in [0.15, 0.2) is 6.10 Å². The van der Waals surface area contributed by atoms with Crippen LogP contribution < -0.4 is 4.89 Å². The molecule has 0 heterocycles. The zero-order valence-electron chi connectivity index (χ0n) is 41.1. The molecule has 0 N–H and O–H groups in total. The first-order valence-corrected chi connectivity index (χ1v) is 27.7. The lowest BCUT2D eigenvalue weighted by atomic mass is 10.0. The Morgan fingerprint density at radius 3 is 1.05 bits per heavy atom. The zero-order valence-corrected chi connectivity index (χ0v) is 42.0. The summed E-state index contributed by atoms with van der Waals surface area (Å²) in [6.45, 7) is 4.30. The van der Waals surface area contributed by atoms with Crippen molar-refractivity contribution in [2.75, 3.05) is 47.5 Å². The van der Waals surface area contributed by atoms with Gasteiger partial charge in [-0.25, -0.2) is 0 Å². The molecule has 0 aliphatic heterocycles. The molecule has 0 spiro atoms. The summed E-state index contributed by atoms with van der Waals surface area (Å²) in [6, 6.07) is 0. The van der Waals surface area contributed by atoms with E-state index in [2.05, 4.69) is 13.8 Å². The minimum absolute atomic E-state index is 0.0253. The fourth-order valence-electron chi connectivity index (χ4n) is 7.78. The number of esters is 2. The summed E-state index contributed by atoms with van der Waals surface area (Å²) in [7, 11) is 1.19. The highest BCUT2D eigenvalue weighted by Gasteiger charge is 2.21. The molecule has 10 heteroatoms. The smallest absolute Gasteiger partial charge is 0.306 e. The van der Waals surface area contributed by atoms with Crippen LogP contribution in [0.3, 0.4) is 0 Å². The average molecular weight is 888 g/mol. The second kappa shape index (κ2) is 44.2. The van der Waals surface area contributed by atoms with Gasteiger partial charge in [-0.15, -0.1) is 0 Å². The van der Waals surface area contributed by atoms with Crippen molar-refractivity contribution < 1.29 is 42.1 Å². The van der Waals surface area contributed by atoms with Gasteiger partial charge in [0.2, 0.25) is 0 Å². The Labute approximate surface area is 378 Å². The number of quaternary nitrogens is 1. The molecule has 0 aromatic rings. The van der Waals surface area contributed by atoms with Crippen LogP contribution in [0.2, 0.25) is 0 Å². The number of phosphoric acid groups is 1. The highest BCUT2D eigenvalue weighted by molar-refractivity contribution is 7.45. The van der Waals surface area contributed by atoms with E-state index < -0.39 is 26.5 Å². The first-order valence-electron chi connectivity index (χ1n) is 26.2. The largest absolute Gasteiger partial charge is 0.756 e. The molecular formula is C51H102NO8P. The van der Waals surface area contributed by atoms with Crippen LogP contribution in [0.15, 0.2) is 0 Å². The van der Waals surface area contributed by atoms with Crippen molar-refractivity contribution >= 4 is 19.8 Å². The van der Waals surface area contributed by atoms with Crippen LogP contribution in [0.25, 0.3) is 0 Å². The molecular weight excluding hydrogens is 786 g/mol. The van der Waals surface area contributed by atoms with Gasteiger partial charge in [0.1, 0.15) is 19.8 Å². The molecule has 0 saturated heterocycles. The van der Waals surface area contributed by atoms with Gasteiger partial charge in [-0.2, -0.15) is 0 Å². The van der Waals surface area contributed by atoms with Crippen LogP contribution in [-0.2, 0) is 32.7 Å². The van der Waals surface area contributed by atoms with Crippen LogP contribution in [0, 0.1) is 0 Å². The number of nitrogens with zero attached hydrogens (tertiary/aromatic N) is 1. The SMILES string of the molecule is CCCCCCCCCCCCCCCCCCCCCCCC(=O)O[C@H](COC(=O)CCCCCCCCCCCCCCCCCC)COP(=O)([O-])OCC[N+](C)(C)C. The van der Waals surface area contributed by atoms with Crippen LogP contribution in [-0.4, -0.2) is 70.0 Å². The van der Waals surface area contributed by atoms with Crippen molar-refractivity contribution in [3.05, 3.63) is 0 Å². The molecule has 0 saturated carbocycles. The van der Waals surface area contributed by atoms with Crippen LogP contribution >= 0.6 is 7.82 Å². The standard InChI is InChI=1S/C51H102NO8P/c1-6-8-10-12-14-16-18-20-22-24-25-26-27-28-30-32-34-36-38-40-42-44-51(54)60-49(48-59-61(55,56)58-46-45-52(3,4)5)47-57-50(53)43-41-39-37-35-33-31-29-23-21-19-17-15-13-11-9-7-2/h49H,6-48H2,1-5H3/t49-/m1/s1. The maximum Gasteiger partial charge on any atom is 0.306 e. The van der Waals surface area contributed by atoms with Crippen molar-refractivity contribution in [2.24, 2.45) is 0 Å². The summed E-state index contributed by atoms with van der Waals surface area (Å²) in [5.74, 6) is -0.813. The van der Waals surface area contributed by atoms with Gasteiger partial charge in [0.25, 0.3) is 7.82 Å². The highest BCUT2D eigenvalue weighted by atomic mass is 31.2. The molecule has 2 atom stereocenters. The number of unbranched alkanes of at least 4 members (excludes halogenated alkanes) is 35. The van der Waals surface area contributed by atoms with Crippen molar-refractivity contribution in [1.29, 1.82) is 0 Å². The van der Waals surface area contributed by atoms with E-state index in [1.807, 2.05) is 21.1 Å². The van der Waals surface area contributed by atoms with E-state index in [0.717, 1.165) is 32.1 Å². The van der Waals surface area contributed by atoms with E-state index in [4.69, 9.17) is 18.5 Å². The Balaban J connectivity index is 4.18. The molecule has 0 aromatic carbocycles. The molecule has 0 bridgehead atoms. The number of ether oxygens (including phenoxy) is 2. The normalized spacial score (nSPS) is 13.3. The molecule has 0 radical (unpaired) electrons. The van der Waals surface area contributed by atoms with Gasteiger partial charge in [-0.1, -0.05) is 239 Å². The van der Waals surface area contributed by atoms with E-state index in [1.54, 1.807) is 0 Å². The van der Waals surface area contributed by atoms with E-state index in [1.165, 1.54) is 199 Å². The third-order valence-corrected chi connectivity index (χ3v) is 12.8. The predicted octanol–water partition coefficient (Wildman–Crippen LogP) is 14.9. The summed E-state index contributed by atoms with van der Waals surface area (Å²) >= 11 is 0. The van der Waals surface area contributed by atoms with Crippen LogP contribution in [0.1, 0.15) is 264 Å². The summed E-state index contributed by atoms with van der Waals surface area (Å²) in [6.07, 6.45) is 47.0. The lowest BCUT2D eigenvalue weighted by Gasteiger charge is -2.28. The van der Waals surface area contributed by atoms with Gasteiger partial charge in [0.05, 0.1) is 27.7 Å². The topological polar surface area (TPSA) is 111 Å². The summed E-state index contributed by atoms with van der Waals surface area (Å²) < 4.78 is 34.1. The number of rotatable bonds is 49. The Bertz CT molecular complexity index is 1010. The molecule has 0 aliphatic carbocycles. The van der Waals surface area contributed by atoms with Gasteiger partial charge in [0, 0.05) is 12.8 Å². The van der Waals surface area contributed by atoms with Crippen LogP contribution in [0.4, 0.5) is 0 Å². The molecule has 0 amide bonds. The van der Waals surface area contributed by atoms with Crippen molar-refractivity contribution in [3.8, 4) is 0 Å². The molecule has 0 aliphatic rings. The molecule has 0 aromatic heterocycles. The van der Waals surface area contributed by atoms with Gasteiger partial charge in [-0.3, -0.25) is 14.2 Å². The second-order valence-corrected chi connectivity index (χ2v) is 20.7. The first kappa shape index (κ1) is 60.0. The monoisotopic (exact) mass is 888 g/mol. The number of phosphoric ester groups is 1. The molecule has 364 valence electrons. The summed E-state index contributed by atoms with van der Waals surface area (Å²) in [5.41, 5.74) is 0. The Morgan fingerprint density at radius 1 is 0.443 bits per heavy atom. The quantitative estimate of drug-likeness (QED) is 0.0257. The van der Waals surface area contributed by atoms with Gasteiger partial charge < -0.3 is 27.9 Å². The Kier molecular flexibility index (Phi) is 43.5. The van der Waals surface area contributed by atoms with Gasteiger partial charge in [-0.05, 0) is 12.8 Å². The molecule has 0 fully saturated rings. The third kappa shape index (κ3) is 48.3. The average Bonchev–Trinajstić information content (AvgIpc) is 3.21. The van der Waals surface area contributed by atoms with Crippen molar-refractivity contribution in [3.63, 3.8) is 0 Å². The zero-order chi connectivity index (χ0) is 45.0.